The highest BCUT2D eigenvalue weighted by molar-refractivity contribution is 7.10. The van der Waals surface area contributed by atoms with Crippen LogP contribution in [0.1, 0.15) is 10.6 Å². The lowest BCUT2D eigenvalue weighted by Gasteiger charge is -2.01. The number of benzene rings is 1. The fourth-order valence-electron chi connectivity index (χ4n) is 2.06. The summed E-state index contributed by atoms with van der Waals surface area (Å²) in [7, 11) is 0. The standard InChI is InChI=1S/C13H11N3O2S/c14-11(17)5-13-16-10(6-19-13)7-1-2-9-8(3-7)4-12(18)15-9/h1-3,6H,4-5H2,(H2,14,17)(H,15,18). The second-order valence-corrected chi connectivity index (χ2v) is 5.31. The second-order valence-electron chi connectivity index (χ2n) is 4.37. The summed E-state index contributed by atoms with van der Waals surface area (Å²) in [5.74, 6) is -0.371. The first-order valence-corrected chi connectivity index (χ1v) is 6.65. The van der Waals surface area contributed by atoms with Crippen LogP contribution in [0.2, 0.25) is 0 Å². The molecule has 2 heterocycles. The number of carbonyl (C=O) groups excluding carboxylic acids is 2. The minimum Gasteiger partial charge on any atom is -0.369 e. The minimum atomic E-state index is -0.385. The van der Waals surface area contributed by atoms with Gasteiger partial charge in [0.15, 0.2) is 0 Å². The summed E-state index contributed by atoms with van der Waals surface area (Å²) in [5, 5.41) is 5.39. The van der Waals surface area contributed by atoms with Crippen LogP contribution >= 0.6 is 11.3 Å². The highest BCUT2D eigenvalue weighted by Crippen LogP contribution is 2.29. The molecule has 3 N–H and O–H groups in total. The number of nitrogens with two attached hydrogens (primary N) is 1. The molecule has 6 heteroatoms. The lowest BCUT2D eigenvalue weighted by atomic mass is 10.1. The molecule has 3 rings (SSSR count). The maximum absolute atomic E-state index is 11.3. The molecular weight excluding hydrogens is 262 g/mol. The van der Waals surface area contributed by atoms with Gasteiger partial charge in [-0.25, -0.2) is 4.98 Å². The molecule has 0 saturated heterocycles. The fraction of sp³-hybridized carbons (Fsp3) is 0.154. The van der Waals surface area contributed by atoms with Crippen LogP contribution in [-0.2, 0) is 22.4 Å². The molecule has 0 radical (unpaired) electrons. The number of hydrogen-bond donors (Lipinski definition) is 2. The van der Waals surface area contributed by atoms with E-state index >= 15 is 0 Å². The van der Waals surface area contributed by atoms with Crippen molar-refractivity contribution < 1.29 is 9.59 Å². The van der Waals surface area contributed by atoms with Gasteiger partial charge in [-0.2, -0.15) is 0 Å². The van der Waals surface area contributed by atoms with Crippen LogP contribution in [0.4, 0.5) is 5.69 Å². The van der Waals surface area contributed by atoms with Crippen molar-refractivity contribution in [3.8, 4) is 11.3 Å². The second kappa shape index (κ2) is 4.47. The van der Waals surface area contributed by atoms with E-state index in [1.807, 2.05) is 23.6 Å². The first kappa shape index (κ1) is 11.9. The zero-order valence-corrected chi connectivity index (χ0v) is 10.8. The smallest absolute Gasteiger partial charge is 0.228 e. The molecule has 0 fully saturated rings. The predicted molar refractivity (Wildman–Crippen MR) is 72.8 cm³/mol. The van der Waals surface area contributed by atoms with E-state index in [9.17, 15) is 9.59 Å². The van der Waals surface area contributed by atoms with Gasteiger partial charge < -0.3 is 11.1 Å². The van der Waals surface area contributed by atoms with Crippen LogP contribution in [-0.4, -0.2) is 16.8 Å². The van der Waals surface area contributed by atoms with Crippen molar-refractivity contribution in [3.63, 3.8) is 0 Å². The van der Waals surface area contributed by atoms with Crippen molar-refractivity contribution in [2.45, 2.75) is 12.8 Å². The topological polar surface area (TPSA) is 85.1 Å². The summed E-state index contributed by atoms with van der Waals surface area (Å²) in [6, 6.07) is 5.74. The van der Waals surface area contributed by atoms with Gasteiger partial charge in [0.25, 0.3) is 0 Å². The van der Waals surface area contributed by atoms with E-state index in [0.717, 1.165) is 22.5 Å². The number of amides is 2. The Labute approximate surface area is 113 Å². The SMILES string of the molecule is NC(=O)Cc1nc(-c2ccc3c(c2)CC(=O)N3)cs1. The van der Waals surface area contributed by atoms with Crippen molar-refractivity contribution in [2.75, 3.05) is 5.32 Å². The maximum atomic E-state index is 11.3. The van der Waals surface area contributed by atoms with Crippen molar-refractivity contribution in [1.29, 1.82) is 0 Å². The molecule has 0 spiro atoms. The first-order chi connectivity index (χ1) is 9.11. The molecule has 0 atom stereocenters. The Kier molecular flexibility index (Phi) is 2.79. The quantitative estimate of drug-likeness (QED) is 0.884. The van der Waals surface area contributed by atoms with Gasteiger partial charge in [-0.3, -0.25) is 9.59 Å². The van der Waals surface area contributed by atoms with Crippen molar-refractivity contribution in [1.82, 2.24) is 4.98 Å². The molecule has 1 aliphatic rings. The minimum absolute atomic E-state index is 0.0137. The normalized spacial score (nSPS) is 13.2. The monoisotopic (exact) mass is 273 g/mol. The first-order valence-electron chi connectivity index (χ1n) is 5.77. The number of aromatic nitrogens is 1. The number of rotatable bonds is 3. The van der Waals surface area contributed by atoms with Gasteiger partial charge in [0.1, 0.15) is 5.01 Å². The Balaban J connectivity index is 1.90. The summed E-state index contributed by atoms with van der Waals surface area (Å²) in [6.07, 6.45) is 0.567. The molecule has 1 aliphatic heterocycles. The molecule has 0 bridgehead atoms. The molecule has 0 saturated carbocycles. The highest BCUT2D eigenvalue weighted by Gasteiger charge is 2.18. The fourth-order valence-corrected chi connectivity index (χ4v) is 2.88. The third-order valence-electron chi connectivity index (χ3n) is 2.90. The zero-order valence-electron chi connectivity index (χ0n) is 9.97. The van der Waals surface area contributed by atoms with Crippen molar-refractivity contribution >= 4 is 28.8 Å². The van der Waals surface area contributed by atoms with Gasteiger partial charge in [-0.15, -0.1) is 11.3 Å². The molecule has 1 aromatic carbocycles. The molecule has 19 heavy (non-hydrogen) atoms. The van der Waals surface area contributed by atoms with E-state index in [1.54, 1.807) is 0 Å². The van der Waals surface area contributed by atoms with E-state index in [1.165, 1.54) is 11.3 Å². The summed E-state index contributed by atoms with van der Waals surface area (Å²) < 4.78 is 0. The van der Waals surface area contributed by atoms with E-state index in [0.29, 0.717) is 11.4 Å². The number of fused-ring (bicyclic) bond motifs is 1. The van der Waals surface area contributed by atoms with E-state index in [2.05, 4.69) is 10.3 Å². The Hall–Kier alpha value is -2.21. The number of primary amides is 1. The van der Waals surface area contributed by atoms with E-state index in [4.69, 9.17) is 5.73 Å². The molecule has 1 aromatic heterocycles. The van der Waals surface area contributed by atoms with Gasteiger partial charge in [-0.05, 0) is 17.7 Å². The van der Waals surface area contributed by atoms with Crippen LogP contribution in [0.3, 0.4) is 0 Å². The Morgan fingerprint density at radius 2 is 2.32 bits per heavy atom. The van der Waals surface area contributed by atoms with Crippen molar-refractivity contribution in [3.05, 3.63) is 34.2 Å². The zero-order chi connectivity index (χ0) is 13.4. The predicted octanol–water partition coefficient (Wildman–Crippen LogP) is 1.33. The van der Waals surface area contributed by atoms with Crippen LogP contribution in [0.25, 0.3) is 11.3 Å². The molecule has 2 aromatic rings. The molecular formula is C13H11N3O2S. The van der Waals surface area contributed by atoms with Gasteiger partial charge >= 0.3 is 0 Å². The number of anilines is 1. The number of hydrogen-bond acceptors (Lipinski definition) is 4. The van der Waals surface area contributed by atoms with Crippen LogP contribution < -0.4 is 11.1 Å². The number of nitrogens with zero attached hydrogens (tertiary/aromatic N) is 1. The Morgan fingerprint density at radius 3 is 3.11 bits per heavy atom. The van der Waals surface area contributed by atoms with Crippen LogP contribution in [0.15, 0.2) is 23.6 Å². The van der Waals surface area contributed by atoms with Crippen molar-refractivity contribution in [2.24, 2.45) is 5.73 Å². The largest absolute Gasteiger partial charge is 0.369 e. The van der Waals surface area contributed by atoms with Gasteiger partial charge in [0, 0.05) is 16.6 Å². The van der Waals surface area contributed by atoms with E-state index in [-0.39, 0.29) is 18.2 Å². The average Bonchev–Trinajstić information content (AvgIpc) is 2.92. The summed E-state index contributed by atoms with van der Waals surface area (Å²) in [4.78, 5) is 26.5. The molecule has 0 unspecified atom stereocenters. The Morgan fingerprint density at radius 1 is 1.47 bits per heavy atom. The number of thiazole rings is 1. The molecule has 5 nitrogen and oxygen atoms in total. The summed E-state index contributed by atoms with van der Waals surface area (Å²) in [5.41, 5.74) is 8.74. The number of nitrogens with one attached hydrogen (secondary N) is 1. The number of carbonyl (C=O) groups is 2. The molecule has 96 valence electrons. The summed E-state index contributed by atoms with van der Waals surface area (Å²) in [6.45, 7) is 0. The molecule has 0 aliphatic carbocycles. The third-order valence-corrected chi connectivity index (χ3v) is 3.75. The van der Waals surface area contributed by atoms with E-state index < -0.39 is 0 Å². The van der Waals surface area contributed by atoms with Crippen LogP contribution in [0, 0.1) is 0 Å². The Bertz CT molecular complexity index is 678. The molecule has 2 amide bonds. The van der Waals surface area contributed by atoms with Gasteiger partial charge in [0.05, 0.1) is 18.5 Å². The van der Waals surface area contributed by atoms with Crippen LogP contribution in [0.5, 0.6) is 0 Å². The average molecular weight is 273 g/mol. The summed E-state index contributed by atoms with van der Waals surface area (Å²) >= 11 is 1.41. The maximum Gasteiger partial charge on any atom is 0.228 e. The van der Waals surface area contributed by atoms with Gasteiger partial charge in [0.2, 0.25) is 11.8 Å². The highest BCUT2D eigenvalue weighted by atomic mass is 32.1. The van der Waals surface area contributed by atoms with Gasteiger partial charge in [-0.1, -0.05) is 6.07 Å². The third kappa shape index (κ3) is 2.34. The lowest BCUT2D eigenvalue weighted by molar-refractivity contribution is -0.117. The lowest BCUT2D eigenvalue weighted by Crippen LogP contribution is -2.13.